The molecule has 1 aliphatic rings. The van der Waals surface area contributed by atoms with E-state index in [4.69, 9.17) is 4.74 Å². The van der Waals surface area contributed by atoms with Crippen molar-refractivity contribution in [1.82, 2.24) is 5.32 Å². The van der Waals surface area contributed by atoms with Crippen LogP contribution >= 0.6 is 15.9 Å². The molecule has 18 heavy (non-hydrogen) atoms. The summed E-state index contributed by atoms with van der Waals surface area (Å²) in [5.74, 6) is 0. The van der Waals surface area contributed by atoms with Crippen molar-refractivity contribution in [2.24, 2.45) is 0 Å². The van der Waals surface area contributed by atoms with Gasteiger partial charge in [0.1, 0.15) is 0 Å². The summed E-state index contributed by atoms with van der Waals surface area (Å²) >= 11 is 3.35. The Hall–Kier alpha value is -1.07. The molecule has 0 spiro atoms. The van der Waals surface area contributed by atoms with Crippen LogP contribution in [-0.4, -0.2) is 24.8 Å². The van der Waals surface area contributed by atoms with E-state index in [9.17, 15) is 4.79 Å². The van der Waals surface area contributed by atoms with Gasteiger partial charge in [0, 0.05) is 16.8 Å². The average Bonchev–Trinajstić information content (AvgIpc) is 2.85. The Labute approximate surface area is 115 Å². The van der Waals surface area contributed by atoms with Gasteiger partial charge < -0.3 is 15.4 Å². The topological polar surface area (TPSA) is 50.4 Å². The zero-order valence-electron chi connectivity index (χ0n) is 10.3. The number of rotatable bonds is 3. The normalized spacial score (nSPS) is 20.4. The van der Waals surface area contributed by atoms with Crippen molar-refractivity contribution in [3.63, 3.8) is 0 Å². The third-order valence-corrected chi connectivity index (χ3v) is 3.51. The van der Waals surface area contributed by atoms with E-state index in [2.05, 4.69) is 26.6 Å². The second-order valence-corrected chi connectivity index (χ2v) is 5.36. The van der Waals surface area contributed by atoms with Gasteiger partial charge in [-0.3, -0.25) is 0 Å². The number of halogens is 1. The van der Waals surface area contributed by atoms with Gasteiger partial charge in [-0.2, -0.15) is 0 Å². The monoisotopic (exact) mass is 312 g/mol. The molecule has 4 nitrogen and oxygen atoms in total. The van der Waals surface area contributed by atoms with Crippen molar-refractivity contribution in [1.29, 1.82) is 0 Å². The molecule has 0 bridgehead atoms. The second-order valence-electron chi connectivity index (χ2n) is 4.45. The Bertz CT molecular complexity index is 402. The number of anilines is 1. The Kier molecular flexibility index (Phi) is 4.60. The highest BCUT2D eigenvalue weighted by Gasteiger charge is 2.23. The van der Waals surface area contributed by atoms with Crippen LogP contribution < -0.4 is 10.6 Å². The molecule has 1 heterocycles. The molecule has 0 radical (unpaired) electrons. The molecule has 0 aliphatic carbocycles. The lowest BCUT2D eigenvalue weighted by Crippen LogP contribution is -2.42. The van der Waals surface area contributed by atoms with Gasteiger partial charge in [-0.1, -0.05) is 15.9 Å². The summed E-state index contributed by atoms with van der Waals surface area (Å²) in [6.45, 7) is 2.77. The van der Waals surface area contributed by atoms with Crippen molar-refractivity contribution in [2.75, 3.05) is 11.9 Å². The van der Waals surface area contributed by atoms with Crippen LogP contribution in [0.5, 0.6) is 0 Å². The predicted molar refractivity (Wildman–Crippen MR) is 74.7 cm³/mol. The van der Waals surface area contributed by atoms with Gasteiger partial charge in [-0.15, -0.1) is 0 Å². The Morgan fingerprint density at radius 1 is 1.44 bits per heavy atom. The molecule has 0 saturated carbocycles. The molecule has 2 atom stereocenters. The highest BCUT2D eigenvalue weighted by atomic mass is 79.9. The third kappa shape index (κ3) is 3.71. The first kappa shape index (κ1) is 13.4. The predicted octanol–water partition coefficient (Wildman–Crippen LogP) is 3.14. The molecule has 5 heteroatoms. The zero-order chi connectivity index (χ0) is 13.0. The molecule has 2 rings (SSSR count). The Morgan fingerprint density at radius 2 is 2.17 bits per heavy atom. The third-order valence-electron chi connectivity index (χ3n) is 2.98. The number of urea groups is 1. The molecule has 2 amide bonds. The maximum Gasteiger partial charge on any atom is 0.319 e. The van der Waals surface area contributed by atoms with E-state index in [0.29, 0.717) is 0 Å². The summed E-state index contributed by atoms with van der Waals surface area (Å²) in [4.78, 5) is 11.8. The lowest BCUT2D eigenvalue weighted by atomic mass is 10.1. The minimum atomic E-state index is -0.194. The molecule has 1 saturated heterocycles. The summed E-state index contributed by atoms with van der Waals surface area (Å²) in [5.41, 5.74) is 0.773. The van der Waals surface area contributed by atoms with Crippen LogP contribution in [0.1, 0.15) is 19.8 Å². The molecule has 2 unspecified atom stereocenters. The van der Waals surface area contributed by atoms with E-state index < -0.39 is 0 Å². The maximum atomic E-state index is 11.8. The van der Waals surface area contributed by atoms with Crippen molar-refractivity contribution >= 4 is 27.6 Å². The summed E-state index contributed by atoms with van der Waals surface area (Å²) in [5, 5.41) is 5.70. The molecular weight excluding hydrogens is 296 g/mol. The highest BCUT2D eigenvalue weighted by molar-refractivity contribution is 9.10. The number of carbonyl (C=O) groups excluding carboxylic acids is 1. The summed E-state index contributed by atoms with van der Waals surface area (Å²) in [7, 11) is 0. The second kappa shape index (κ2) is 6.20. The number of amides is 2. The van der Waals surface area contributed by atoms with E-state index in [1.807, 2.05) is 31.2 Å². The summed E-state index contributed by atoms with van der Waals surface area (Å²) in [6.07, 6.45) is 2.23. The quantitative estimate of drug-likeness (QED) is 0.901. The van der Waals surface area contributed by atoms with E-state index in [1.165, 1.54) is 0 Å². The maximum absolute atomic E-state index is 11.8. The van der Waals surface area contributed by atoms with Gasteiger partial charge in [-0.05, 0) is 44.0 Å². The molecule has 1 aromatic rings. The number of ether oxygens (including phenoxy) is 1. The van der Waals surface area contributed by atoms with Crippen molar-refractivity contribution < 1.29 is 9.53 Å². The number of nitrogens with one attached hydrogen (secondary N) is 2. The Balaban J connectivity index is 1.82. The molecule has 98 valence electrons. The van der Waals surface area contributed by atoms with Crippen molar-refractivity contribution in [3.8, 4) is 0 Å². The lowest BCUT2D eigenvalue weighted by Gasteiger charge is -2.20. The molecular formula is C13H17BrN2O2. The Morgan fingerprint density at radius 3 is 2.78 bits per heavy atom. The summed E-state index contributed by atoms with van der Waals surface area (Å²) < 4.78 is 6.52. The fourth-order valence-electron chi connectivity index (χ4n) is 2.00. The molecule has 2 N–H and O–H groups in total. The van der Waals surface area contributed by atoms with Crippen molar-refractivity contribution in [3.05, 3.63) is 28.7 Å². The van der Waals surface area contributed by atoms with E-state index >= 15 is 0 Å². The minimum absolute atomic E-state index is 0.0305. The van der Waals surface area contributed by atoms with Crippen molar-refractivity contribution in [2.45, 2.75) is 31.9 Å². The molecule has 1 aliphatic heterocycles. The highest BCUT2D eigenvalue weighted by Crippen LogP contribution is 2.16. The van der Waals surface area contributed by atoms with Gasteiger partial charge in [-0.25, -0.2) is 4.79 Å². The summed E-state index contributed by atoms with van der Waals surface area (Å²) in [6, 6.07) is 7.31. The van der Waals surface area contributed by atoms with Gasteiger partial charge in [0.05, 0.1) is 12.1 Å². The SMILES string of the molecule is CC(NC(=O)Nc1ccc(Br)cc1)C1CCCO1. The fourth-order valence-corrected chi connectivity index (χ4v) is 2.26. The number of hydrogen-bond donors (Lipinski definition) is 2. The van der Waals surface area contributed by atoms with Crippen LogP contribution in [0.15, 0.2) is 28.7 Å². The lowest BCUT2D eigenvalue weighted by molar-refractivity contribution is 0.0868. The van der Waals surface area contributed by atoms with E-state index in [0.717, 1.165) is 29.6 Å². The molecule has 1 aromatic carbocycles. The minimum Gasteiger partial charge on any atom is -0.376 e. The van der Waals surface area contributed by atoms with Gasteiger partial charge in [0.15, 0.2) is 0 Å². The largest absolute Gasteiger partial charge is 0.376 e. The fraction of sp³-hybridized carbons (Fsp3) is 0.462. The van der Waals surface area contributed by atoms with Crippen LogP contribution in [0, 0.1) is 0 Å². The van der Waals surface area contributed by atoms with Gasteiger partial charge in [0.25, 0.3) is 0 Å². The van der Waals surface area contributed by atoms with Crippen LogP contribution in [-0.2, 0) is 4.74 Å². The standard InChI is InChI=1S/C13H17BrN2O2/c1-9(12-3-2-8-18-12)15-13(17)16-11-6-4-10(14)5-7-11/h4-7,9,12H,2-3,8H2,1H3,(H2,15,16,17). The number of carbonyl (C=O) groups is 1. The first-order valence-corrected chi connectivity index (χ1v) is 6.89. The van der Waals surface area contributed by atoms with Crippen LogP contribution in [0.25, 0.3) is 0 Å². The zero-order valence-corrected chi connectivity index (χ0v) is 11.9. The first-order valence-electron chi connectivity index (χ1n) is 6.10. The average molecular weight is 313 g/mol. The van der Waals surface area contributed by atoms with E-state index in [1.54, 1.807) is 0 Å². The molecule has 1 fully saturated rings. The number of hydrogen-bond acceptors (Lipinski definition) is 2. The van der Waals surface area contributed by atoms with Crippen LogP contribution in [0.4, 0.5) is 10.5 Å². The first-order chi connectivity index (χ1) is 8.65. The van der Waals surface area contributed by atoms with Gasteiger partial charge >= 0.3 is 6.03 Å². The number of benzene rings is 1. The molecule has 0 aromatic heterocycles. The van der Waals surface area contributed by atoms with Crippen LogP contribution in [0.3, 0.4) is 0 Å². The van der Waals surface area contributed by atoms with Gasteiger partial charge in [0.2, 0.25) is 0 Å². The van der Waals surface area contributed by atoms with Crippen LogP contribution in [0.2, 0.25) is 0 Å². The smallest absolute Gasteiger partial charge is 0.319 e. The van der Waals surface area contributed by atoms with E-state index in [-0.39, 0.29) is 18.2 Å².